The highest BCUT2D eigenvalue weighted by Gasteiger charge is 2.30. The smallest absolute Gasteiger partial charge is 0.249 e. The van der Waals surface area contributed by atoms with Crippen molar-refractivity contribution in [1.82, 2.24) is 5.32 Å². The lowest BCUT2D eigenvalue weighted by atomic mass is 10.1. The molecule has 1 aliphatic rings. The molecule has 2 rings (SSSR count). The van der Waals surface area contributed by atoms with E-state index in [2.05, 4.69) is 5.32 Å². The molecule has 0 aliphatic carbocycles. The number of carbonyl (C=O) groups excluding carboxylic acids is 1. The number of amides is 1. The first-order chi connectivity index (χ1) is 9.24. The van der Waals surface area contributed by atoms with Gasteiger partial charge in [-0.15, -0.1) is 0 Å². The standard InChI is InChI=1S/C14H20N2O3/c15-8-11-6-7-13(19-11)14(18)16-12(9-17)10-4-2-1-3-5-10/h1-5,11-13,17H,6-9,15H2,(H,16,18)/t11?,12-,13?/m0/s1. The van der Waals surface area contributed by atoms with Crippen LogP contribution in [0.1, 0.15) is 24.4 Å². The number of hydrogen-bond acceptors (Lipinski definition) is 4. The predicted molar refractivity (Wildman–Crippen MR) is 71.4 cm³/mol. The van der Waals surface area contributed by atoms with Crippen molar-refractivity contribution in [3.05, 3.63) is 35.9 Å². The molecule has 1 saturated heterocycles. The molecule has 0 aromatic heterocycles. The second kappa shape index (κ2) is 6.65. The highest BCUT2D eigenvalue weighted by Crippen LogP contribution is 2.20. The second-order valence-corrected chi connectivity index (χ2v) is 4.71. The van der Waals surface area contributed by atoms with E-state index >= 15 is 0 Å². The number of nitrogens with two attached hydrogens (primary N) is 1. The Morgan fingerprint density at radius 1 is 1.42 bits per heavy atom. The van der Waals surface area contributed by atoms with Gasteiger partial charge in [0.1, 0.15) is 6.10 Å². The van der Waals surface area contributed by atoms with Gasteiger partial charge in [0.2, 0.25) is 5.91 Å². The van der Waals surface area contributed by atoms with Gasteiger partial charge in [0.05, 0.1) is 18.8 Å². The maximum Gasteiger partial charge on any atom is 0.249 e. The monoisotopic (exact) mass is 264 g/mol. The van der Waals surface area contributed by atoms with E-state index in [0.29, 0.717) is 13.0 Å². The molecule has 4 N–H and O–H groups in total. The summed E-state index contributed by atoms with van der Waals surface area (Å²) in [5.41, 5.74) is 6.40. The number of ether oxygens (including phenoxy) is 1. The number of hydrogen-bond donors (Lipinski definition) is 3. The van der Waals surface area contributed by atoms with Crippen LogP contribution < -0.4 is 11.1 Å². The van der Waals surface area contributed by atoms with Crippen LogP contribution in [0.15, 0.2) is 30.3 Å². The molecular weight excluding hydrogens is 244 g/mol. The quantitative estimate of drug-likeness (QED) is 0.716. The van der Waals surface area contributed by atoms with Crippen LogP contribution in [-0.2, 0) is 9.53 Å². The fourth-order valence-electron chi connectivity index (χ4n) is 2.26. The second-order valence-electron chi connectivity index (χ2n) is 4.71. The molecule has 1 aliphatic heterocycles. The largest absolute Gasteiger partial charge is 0.394 e. The molecule has 0 radical (unpaired) electrons. The zero-order chi connectivity index (χ0) is 13.7. The Morgan fingerprint density at radius 3 is 2.74 bits per heavy atom. The van der Waals surface area contributed by atoms with E-state index in [-0.39, 0.29) is 18.6 Å². The third kappa shape index (κ3) is 3.53. The third-order valence-electron chi connectivity index (χ3n) is 3.36. The molecule has 1 heterocycles. The van der Waals surface area contributed by atoms with Gasteiger partial charge < -0.3 is 20.9 Å². The normalized spacial score (nSPS) is 24.1. The molecule has 1 aromatic rings. The Labute approximate surface area is 112 Å². The van der Waals surface area contributed by atoms with Crippen molar-refractivity contribution in [3.8, 4) is 0 Å². The van der Waals surface area contributed by atoms with E-state index in [1.165, 1.54) is 0 Å². The van der Waals surface area contributed by atoms with Crippen LogP contribution in [0.2, 0.25) is 0 Å². The summed E-state index contributed by atoms with van der Waals surface area (Å²) in [6.45, 7) is 0.300. The molecule has 19 heavy (non-hydrogen) atoms. The van der Waals surface area contributed by atoms with Gasteiger partial charge >= 0.3 is 0 Å². The highest BCUT2D eigenvalue weighted by atomic mass is 16.5. The number of aliphatic hydroxyl groups is 1. The van der Waals surface area contributed by atoms with Gasteiger partial charge in [0.15, 0.2) is 0 Å². The predicted octanol–water partition coefficient (Wildman–Crippen LogP) is 0.343. The van der Waals surface area contributed by atoms with Gasteiger partial charge in [-0.2, -0.15) is 0 Å². The molecule has 1 fully saturated rings. The molecule has 1 aromatic carbocycles. The molecule has 2 unspecified atom stereocenters. The van der Waals surface area contributed by atoms with Crippen LogP contribution in [0.3, 0.4) is 0 Å². The average Bonchev–Trinajstić information content (AvgIpc) is 2.94. The van der Waals surface area contributed by atoms with Crippen molar-refractivity contribution >= 4 is 5.91 Å². The van der Waals surface area contributed by atoms with E-state index in [9.17, 15) is 9.90 Å². The maximum atomic E-state index is 12.1. The highest BCUT2D eigenvalue weighted by molar-refractivity contribution is 5.81. The van der Waals surface area contributed by atoms with Gasteiger partial charge in [-0.25, -0.2) is 0 Å². The van der Waals surface area contributed by atoms with Gasteiger partial charge in [-0.3, -0.25) is 4.79 Å². The molecule has 3 atom stereocenters. The zero-order valence-electron chi connectivity index (χ0n) is 10.8. The number of carbonyl (C=O) groups is 1. The summed E-state index contributed by atoms with van der Waals surface area (Å²) in [6, 6.07) is 9.00. The third-order valence-corrected chi connectivity index (χ3v) is 3.36. The zero-order valence-corrected chi connectivity index (χ0v) is 10.8. The topological polar surface area (TPSA) is 84.6 Å². The SMILES string of the molecule is NCC1CCC(C(=O)N[C@@H](CO)c2ccccc2)O1. The summed E-state index contributed by atoms with van der Waals surface area (Å²) in [5, 5.41) is 12.2. The summed E-state index contributed by atoms with van der Waals surface area (Å²) >= 11 is 0. The summed E-state index contributed by atoms with van der Waals surface area (Å²) in [5.74, 6) is -0.182. The summed E-state index contributed by atoms with van der Waals surface area (Å²) in [6.07, 6.45) is 1.01. The molecule has 5 heteroatoms. The molecular formula is C14H20N2O3. The van der Waals surface area contributed by atoms with Crippen molar-refractivity contribution in [1.29, 1.82) is 0 Å². The van der Waals surface area contributed by atoms with Gasteiger partial charge in [-0.05, 0) is 18.4 Å². The first kappa shape index (κ1) is 14.0. The fraction of sp³-hybridized carbons (Fsp3) is 0.500. The molecule has 0 saturated carbocycles. The molecule has 104 valence electrons. The van der Waals surface area contributed by atoms with Crippen molar-refractivity contribution < 1.29 is 14.6 Å². The molecule has 5 nitrogen and oxygen atoms in total. The van der Waals surface area contributed by atoms with Crippen LogP contribution in [0.5, 0.6) is 0 Å². The van der Waals surface area contributed by atoms with E-state index in [4.69, 9.17) is 10.5 Å². The number of aliphatic hydroxyl groups excluding tert-OH is 1. The summed E-state index contributed by atoms with van der Waals surface area (Å²) in [4.78, 5) is 12.1. The van der Waals surface area contributed by atoms with Crippen molar-refractivity contribution in [3.63, 3.8) is 0 Å². The Morgan fingerprint density at radius 2 is 2.16 bits per heavy atom. The molecule has 1 amide bonds. The van der Waals surface area contributed by atoms with Crippen LogP contribution >= 0.6 is 0 Å². The minimum atomic E-state index is -0.452. The first-order valence-electron chi connectivity index (χ1n) is 6.56. The number of rotatable bonds is 5. The minimum absolute atomic E-state index is 0.0277. The Kier molecular flexibility index (Phi) is 4.90. The average molecular weight is 264 g/mol. The van der Waals surface area contributed by atoms with E-state index < -0.39 is 12.1 Å². The summed E-state index contributed by atoms with van der Waals surface area (Å²) in [7, 11) is 0. The van der Waals surface area contributed by atoms with Gasteiger partial charge in [-0.1, -0.05) is 30.3 Å². The first-order valence-corrected chi connectivity index (χ1v) is 6.56. The lowest BCUT2D eigenvalue weighted by Gasteiger charge is -2.19. The number of benzene rings is 1. The molecule has 0 bridgehead atoms. The van der Waals surface area contributed by atoms with Crippen LogP contribution in [0, 0.1) is 0 Å². The Balaban J connectivity index is 1.94. The Hall–Kier alpha value is -1.43. The van der Waals surface area contributed by atoms with Crippen molar-refractivity contribution in [2.24, 2.45) is 5.73 Å². The lowest BCUT2D eigenvalue weighted by Crippen LogP contribution is -2.39. The van der Waals surface area contributed by atoms with E-state index in [1.807, 2.05) is 30.3 Å². The lowest BCUT2D eigenvalue weighted by molar-refractivity contribution is -0.133. The van der Waals surface area contributed by atoms with Crippen molar-refractivity contribution in [2.45, 2.75) is 31.1 Å². The van der Waals surface area contributed by atoms with E-state index in [0.717, 1.165) is 12.0 Å². The maximum absolute atomic E-state index is 12.1. The summed E-state index contributed by atoms with van der Waals surface area (Å²) < 4.78 is 5.53. The minimum Gasteiger partial charge on any atom is -0.394 e. The fourth-order valence-corrected chi connectivity index (χ4v) is 2.26. The van der Waals surface area contributed by atoms with Crippen LogP contribution in [0.4, 0.5) is 0 Å². The number of nitrogens with one attached hydrogen (secondary N) is 1. The van der Waals surface area contributed by atoms with Gasteiger partial charge in [0.25, 0.3) is 0 Å². The van der Waals surface area contributed by atoms with E-state index in [1.54, 1.807) is 0 Å². The van der Waals surface area contributed by atoms with Gasteiger partial charge in [0, 0.05) is 6.54 Å². The molecule has 0 spiro atoms. The van der Waals surface area contributed by atoms with Crippen LogP contribution in [0.25, 0.3) is 0 Å². The Bertz CT molecular complexity index is 410. The van der Waals surface area contributed by atoms with Crippen LogP contribution in [-0.4, -0.2) is 36.4 Å². The van der Waals surface area contributed by atoms with Crippen molar-refractivity contribution in [2.75, 3.05) is 13.2 Å².